The van der Waals surface area contributed by atoms with Crippen LogP contribution in [0.25, 0.3) is 6.08 Å². The molecule has 2 aromatic carbocycles. The van der Waals surface area contributed by atoms with E-state index in [1.807, 2.05) is 48.5 Å². The second kappa shape index (κ2) is 8.54. The number of anilines is 1. The molecule has 0 fully saturated rings. The fourth-order valence-corrected chi connectivity index (χ4v) is 2.42. The molecule has 0 aliphatic heterocycles. The fourth-order valence-electron chi connectivity index (χ4n) is 2.42. The van der Waals surface area contributed by atoms with Crippen LogP contribution >= 0.6 is 0 Å². The number of hydrogen-bond acceptors (Lipinski definition) is 3. The molecule has 0 unspecified atom stereocenters. The van der Waals surface area contributed by atoms with Gasteiger partial charge in [-0.3, -0.25) is 4.79 Å². The molecular weight excluding hydrogens is 298 g/mol. The van der Waals surface area contributed by atoms with Gasteiger partial charge in [-0.05, 0) is 36.3 Å². The molecule has 2 rings (SSSR count). The van der Waals surface area contributed by atoms with Gasteiger partial charge in [-0.15, -0.1) is 0 Å². The Morgan fingerprint density at radius 3 is 2.38 bits per heavy atom. The van der Waals surface area contributed by atoms with E-state index in [4.69, 9.17) is 5.26 Å². The van der Waals surface area contributed by atoms with Gasteiger partial charge in [0.2, 0.25) is 0 Å². The van der Waals surface area contributed by atoms with E-state index in [0.717, 1.165) is 24.3 Å². The monoisotopic (exact) mass is 319 g/mol. The molecule has 24 heavy (non-hydrogen) atoms. The molecule has 0 saturated heterocycles. The van der Waals surface area contributed by atoms with Crippen LogP contribution in [-0.2, 0) is 11.3 Å². The molecule has 0 aromatic heterocycles. The first-order valence-electron chi connectivity index (χ1n) is 7.90. The lowest BCUT2D eigenvalue weighted by Crippen LogP contribution is -2.21. The molecule has 1 amide bonds. The van der Waals surface area contributed by atoms with Gasteiger partial charge in [0.1, 0.15) is 11.6 Å². The van der Waals surface area contributed by atoms with E-state index in [0.29, 0.717) is 0 Å². The van der Waals surface area contributed by atoms with Crippen LogP contribution in [0.3, 0.4) is 0 Å². The number of carbonyl (C=O) groups is 1. The van der Waals surface area contributed by atoms with Crippen LogP contribution in [0.5, 0.6) is 0 Å². The summed E-state index contributed by atoms with van der Waals surface area (Å²) in [6.45, 7) is 3.86. The van der Waals surface area contributed by atoms with Crippen molar-refractivity contribution in [3.8, 4) is 6.07 Å². The second-order valence-corrected chi connectivity index (χ2v) is 5.34. The predicted molar refractivity (Wildman–Crippen MR) is 97.3 cm³/mol. The van der Waals surface area contributed by atoms with E-state index in [1.54, 1.807) is 6.08 Å². The van der Waals surface area contributed by atoms with Crippen molar-refractivity contribution in [2.45, 2.75) is 13.5 Å². The zero-order valence-corrected chi connectivity index (χ0v) is 14.0. The lowest BCUT2D eigenvalue weighted by molar-refractivity contribution is -0.116. The van der Waals surface area contributed by atoms with Gasteiger partial charge < -0.3 is 10.2 Å². The van der Waals surface area contributed by atoms with Gasteiger partial charge in [0.25, 0.3) is 5.91 Å². The third kappa shape index (κ3) is 4.47. The third-order valence-electron chi connectivity index (χ3n) is 3.76. The second-order valence-electron chi connectivity index (χ2n) is 5.34. The maximum absolute atomic E-state index is 11.6. The van der Waals surface area contributed by atoms with E-state index in [-0.39, 0.29) is 11.5 Å². The average Bonchev–Trinajstić information content (AvgIpc) is 2.65. The Morgan fingerprint density at radius 2 is 1.83 bits per heavy atom. The van der Waals surface area contributed by atoms with Crippen molar-refractivity contribution in [1.29, 1.82) is 5.26 Å². The minimum Gasteiger partial charge on any atom is -0.367 e. The number of hydrogen-bond donors (Lipinski definition) is 1. The maximum atomic E-state index is 11.6. The summed E-state index contributed by atoms with van der Waals surface area (Å²) in [5.74, 6) is -0.374. The molecular formula is C20H21N3O. The Hall–Kier alpha value is -3.06. The highest BCUT2D eigenvalue weighted by Crippen LogP contribution is 2.19. The predicted octanol–water partition coefficient (Wildman–Crippen LogP) is 3.37. The molecule has 122 valence electrons. The van der Waals surface area contributed by atoms with Crippen LogP contribution in [0, 0.1) is 11.3 Å². The number of nitrogens with one attached hydrogen (secondary N) is 1. The molecule has 0 atom stereocenters. The van der Waals surface area contributed by atoms with Crippen LogP contribution in [0.1, 0.15) is 18.1 Å². The zero-order valence-electron chi connectivity index (χ0n) is 14.0. The van der Waals surface area contributed by atoms with Gasteiger partial charge in [0, 0.05) is 25.8 Å². The number of amides is 1. The fraction of sp³-hybridized carbons (Fsp3) is 0.200. The molecule has 0 saturated carbocycles. The van der Waals surface area contributed by atoms with Gasteiger partial charge >= 0.3 is 0 Å². The number of rotatable bonds is 6. The molecule has 4 heteroatoms. The van der Waals surface area contributed by atoms with E-state index in [2.05, 4.69) is 29.3 Å². The molecule has 0 aliphatic rings. The van der Waals surface area contributed by atoms with Crippen LogP contribution in [0.2, 0.25) is 0 Å². The number of nitriles is 1. The minimum atomic E-state index is -0.374. The maximum Gasteiger partial charge on any atom is 0.261 e. The molecule has 1 N–H and O–H groups in total. The molecule has 2 aromatic rings. The van der Waals surface area contributed by atoms with Crippen molar-refractivity contribution in [3.05, 3.63) is 71.3 Å². The summed E-state index contributed by atoms with van der Waals surface area (Å²) in [5.41, 5.74) is 3.29. The third-order valence-corrected chi connectivity index (χ3v) is 3.76. The van der Waals surface area contributed by atoms with Crippen molar-refractivity contribution < 1.29 is 4.79 Å². The molecule has 0 bridgehead atoms. The van der Waals surface area contributed by atoms with Crippen molar-refractivity contribution in [2.75, 3.05) is 18.5 Å². The van der Waals surface area contributed by atoms with Crippen molar-refractivity contribution in [2.24, 2.45) is 0 Å². The lowest BCUT2D eigenvalue weighted by atomic mass is 10.1. The Kier molecular flexibility index (Phi) is 6.16. The van der Waals surface area contributed by atoms with Gasteiger partial charge in [-0.2, -0.15) is 5.26 Å². The molecule has 0 heterocycles. The summed E-state index contributed by atoms with van der Waals surface area (Å²) in [6, 6.07) is 20.1. The quantitative estimate of drug-likeness (QED) is 0.656. The summed E-state index contributed by atoms with van der Waals surface area (Å²) >= 11 is 0. The zero-order chi connectivity index (χ0) is 17.4. The van der Waals surface area contributed by atoms with Crippen LogP contribution in [0.15, 0.2) is 60.2 Å². The summed E-state index contributed by atoms with van der Waals surface area (Å²) in [4.78, 5) is 13.8. The van der Waals surface area contributed by atoms with Crippen molar-refractivity contribution in [1.82, 2.24) is 5.32 Å². The smallest absolute Gasteiger partial charge is 0.261 e. The summed E-state index contributed by atoms with van der Waals surface area (Å²) in [5, 5.41) is 11.5. The number of nitrogens with zero attached hydrogens (tertiary/aromatic N) is 2. The SMILES string of the molecule is CCN(Cc1ccccc1)c1ccc(/C=C(\C#N)C(=O)NC)cc1. The summed E-state index contributed by atoms with van der Waals surface area (Å²) in [7, 11) is 1.51. The Morgan fingerprint density at radius 1 is 1.17 bits per heavy atom. The standard InChI is InChI=1S/C20H21N3O/c1-3-23(15-17-7-5-4-6-8-17)19-11-9-16(10-12-19)13-18(14-21)20(24)22-2/h4-13H,3,15H2,1-2H3,(H,22,24)/b18-13+. The first-order chi connectivity index (χ1) is 11.7. The van der Waals surface area contributed by atoms with Gasteiger partial charge in [0.15, 0.2) is 0 Å². The highest BCUT2D eigenvalue weighted by atomic mass is 16.1. The van der Waals surface area contributed by atoms with Crippen molar-refractivity contribution >= 4 is 17.7 Å². The van der Waals surface area contributed by atoms with Crippen LogP contribution < -0.4 is 10.2 Å². The van der Waals surface area contributed by atoms with E-state index in [9.17, 15) is 4.79 Å². The summed E-state index contributed by atoms with van der Waals surface area (Å²) < 4.78 is 0. The van der Waals surface area contributed by atoms with Crippen molar-refractivity contribution in [3.63, 3.8) is 0 Å². The number of likely N-dealkylation sites (N-methyl/N-ethyl adjacent to an activating group) is 1. The summed E-state index contributed by atoms with van der Waals surface area (Å²) in [6.07, 6.45) is 1.59. The Labute approximate surface area is 143 Å². The average molecular weight is 319 g/mol. The number of benzene rings is 2. The topological polar surface area (TPSA) is 56.1 Å². The Balaban J connectivity index is 2.17. The molecule has 0 spiro atoms. The minimum absolute atomic E-state index is 0.0990. The van der Waals surface area contributed by atoms with E-state index in [1.165, 1.54) is 12.6 Å². The first-order valence-corrected chi connectivity index (χ1v) is 7.90. The largest absolute Gasteiger partial charge is 0.367 e. The molecule has 0 radical (unpaired) electrons. The Bertz CT molecular complexity index is 743. The number of carbonyl (C=O) groups excluding carboxylic acids is 1. The normalized spacial score (nSPS) is 10.8. The molecule has 4 nitrogen and oxygen atoms in total. The molecule has 0 aliphatic carbocycles. The van der Waals surface area contributed by atoms with Crippen LogP contribution in [-0.4, -0.2) is 19.5 Å². The lowest BCUT2D eigenvalue weighted by Gasteiger charge is -2.23. The highest BCUT2D eigenvalue weighted by Gasteiger charge is 2.08. The van der Waals surface area contributed by atoms with E-state index >= 15 is 0 Å². The van der Waals surface area contributed by atoms with Gasteiger partial charge in [-0.25, -0.2) is 0 Å². The van der Waals surface area contributed by atoms with Gasteiger partial charge in [-0.1, -0.05) is 42.5 Å². The van der Waals surface area contributed by atoms with Gasteiger partial charge in [0.05, 0.1) is 0 Å². The first kappa shape index (κ1) is 17.3. The van der Waals surface area contributed by atoms with E-state index < -0.39 is 0 Å². The van der Waals surface area contributed by atoms with Crippen LogP contribution in [0.4, 0.5) is 5.69 Å². The highest BCUT2D eigenvalue weighted by molar-refractivity contribution is 6.01.